The fraction of sp³-hybridized carbons (Fsp3) is 0.700. The van der Waals surface area contributed by atoms with Crippen LogP contribution in [0.25, 0.3) is 0 Å². The van der Waals surface area contributed by atoms with Gasteiger partial charge >= 0.3 is 30.8 Å². The SMILES string of the molecule is C[CH-]CCCCC.O=C(O)CC(=O)O.[Li+]. The van der Waals surface area contributed by atoms with E-state index < -0.39 is 18.4 Å². The Morgan fingerprint density at radius 3 is 1.80 bits per heavy atom. The first kappa shape index (κ1) is 20.0. The molecule has 4 nitrogen and oxygen atoms in total. The van der Waals surface area contributed by atoms with Crippen LogP contribution in [0.4, 0.5) is 0 Å². The molecule has 0 fully saturated rings. The van der Waals surface area contributed by atoms with Crippen LogP contribution in [0, 0.1) is 6.42 Å². The van der Waals surface area contributed by atoms with Gasteiger partial charge in [-0.2, -0.15) is 13.3 Å². The molecule has 0 bridgehead atoms. The van der Waals surface area contributed by atoms with E-state index in [1.54, 1.807) is 0 Å². The summed E-state index contributed by atoms with van der Waals surface area (Å²) in [5, 5.41) is 15.4. The molecule has 0 rings (SSSR count). The first-order chi connectivity index (χ1) is 6.54. The van der Waals surface area contributed by atoms with Gasteiger partial charge in [0.1, 0.15) is 6.42 Å². The molecular weight excluding hydrogens is 191 g/mol. The van der Waals surface area contributed by atoms with Crippen molar-refractivity contribution in [1.82, 2.24) is 0 Å². The summed E-state index contributed by atoms with van der Waals surface area (Å²) in [5.41, 5.74) is 0. The van der Waals surface area contributed by atoms with Crippen molar-refractivity contribution in [3.05, 3.63) is 6.42 Å². The summed E-state index contributed by atoms with van der Waals surface area (Å²) >= 11 is 0. The molecule has 0 saturated heterocycles. The first-order valence-electron chi connectivity index (χ1n) is 4.76. The second-order valence-electron chi connectivity index (χ2n) is 2.87. The van der Waals surface area contributed by atoms with E-state index in [1.807, 2.05) is 0 Å². The van der Waals surface area contributed by atoms with Crippen molar-refractivity contribution in [2.24, 2.45) is 0 Å². The van der Waals surface area contributed by atoms with E-state index >= 15 is 0 Å². The summed E-state index contributed by atoms with van der Waals surface area (Å²) in [6, 6.07) is 0. The average Bonchev–Trinajstić information content (AvgIpc) is 2.04. The average molecular weight is 210 g/mol. The third-order valence-electron chi connectivity index (χ3n) is 1.40. The summed E-state index contributed by atoms with van der Waals surface area (Å²) < 4.78 is 0. The molecule has 0 unspecified atom stereocenters. The topological polar surface area (TPSA) is 74.6 Å². The van der Waals surface area contributed by atoms with Crippen molar-refractivity contribution in [3.63, 3.8) is 0 Å². The van der Waals surface area contributed by atoms with E-state index in [0.29, 0.717) is 0 Å². The monoisotopic (exact) mass is 210 g/mol. The minimum atomic E-state index is -1.31. The number of hydrogen-bond donors (Lipinski definition) is 2. The zero-order valence-electron chi connectivity index (χ0n) is 9.82. The molecule has 0 spiro atoms. The largest absolute Gasteiger partial charge is 1.00 e. The van der Waals surface area contributed by atoms with Crippen LogP contribution in [-0.4, -0.2) is 22.2 Å². The third-order valence-corrected chi connectivity index (χ3v) is 1.40. The fourth-order valence-electron chi connectivity index (χ4n) is 0.728. The summed E-state index contributed by atoms with van der Waals surface area (Å²) in [7, 11) is 0. The van der Waals surface area contributed by atoms with E-state index in [0.717, 1.165) is 0 Å². The molecule has 0 aliphatic heterocycles. The van der Waals surface area contributed by atoms with Gasteiger partial charge in [0, 0.05) is 0 Å². The van der Waals surface area contributed by atoms with Crippen molar-refractivity contribution in [2.45, 2.75) is 46.0 Å². The van der Waals surface area contributed by atoms with Gasteiger partial charge in [-0.3, -0.25) is 9.59 Å². The number of unbranched alkanes of at least 4 members (excludes halogenated alkanes) is 4. The predicted molar refractivity (Wildman–Crippen MR) is 54.0 cm³/mol. The van der Waals surface area contributed by atoms with E-state index in [1.165, 1.54) is 25.7 Å². The number of hydrogen-bond acceptors (Lipinski definition) is 2. The van der Waals surface area contributed by atoms with Gasteiger partial charge in [-0.05, 0) is 0 Å². The molecule has 0 aromatic heterocycles. The quantitative estimate of drug-likeness (QED) is 0.264. The number of carbonyl (C=O) groups is 2. The smallest absolute Gasteiger partial charge is 0.481 e. The normalized spacial score (nSPS) is 8.13. The molecular formula is C10H19LiO4. The summed E-state index contributed by atoms with van der Waals surface area (Å²) in [6.07, 6.45) is 6.84. The molecule has 15 heavy (non-hydrogen) atoms. The maximum Gasteiger partial charge on any atom is 1.00 e. The van der Waals surface area contributed by atoms with Crippen LogP contribution in [0.5, 0.6) is 0 Å². The van der Waals surface area contributed by atoms with E-state index in [9.17, 15) is 9.59 Å². The minimum absolute atomic E-state index is 0. The van der Waals surface area contributed by atoms with Crippen molar-refractivity contribution in [2.75, 3.05) is 0 Å². The Morgan fingerprint density at radius 2 is 1.60 bits per heavy atom. The molecule has 0 aliphatic rings. The second-order valence-corrected chi connectivity index (χ2v) is 2.87. The van der Waals surface area contributed by atoms with Crippen molar-refractivity contribution in [3.8, 4) is 0 Å². The van der Waals surface area contributed by atoms with Gasteiger partial charge in [-0.25, -0.2) is 0 Å². The zero-order chi connectivity index (χ0) is 11.4. The summed E-state index contributed by atoms with van der Waals surface area (Å²) in [5.74, 6) is -2.62. The Morgan fingerprint density at radius 1 is 1.13 bits per heavy atom. The van der Waals surface area contributed by atoms with Crippen molar-refractivity contribution < 1.29 is 38.7 Å². The molecule has 0 atom stereocenters. The maximum absolute atomic E-state index is 9.43. The Labute approximate surface area is 103 Å². The van der Waals surface area contributed by atoms with E-state index in [2.05, 4.69) is 20.3 Å². The van der Waals surface area contributed by atoms with Gasteiger partial charge in [0.2, 0.25) is 0 Å². The van der Waals surface area contributed by atoms with Gasteiger partial charge in [-0.1, -0.05) is 26.2 Å². The molecule has 0 amide bonds. The Balaban J connectivity index is -0.000000180. The maximum atomic E-state index is 9.43. The standard InChI is InChI=1S/C7H15.C3H4O4.Li/c1-3-5-7-6-4-2;4-2(5)1-3(6)7;/h3H,4-7H2,1-2H3;1H2,(H,4,5)(H,6,7);/q-1;;+1. The molecule has 0 aliphatic carbocycles. The number of rotatable bonds is 6. The zero-order valence-corrected chi connectivity index (χ0v) is 9.82. The predicted octanol–water partition coefficient (Wildman–Crippen LogP) is -0.659. The van der Waals surface area contributed by atoms with Crippen LogP contribution < -0.4 is 18.9 Å². The van der Waals surface area contributed by atoms with Crippen LogP contribution >= 0.6 is 0 Å². The van der Waals surface area contributed by atoms with Crippen molar-refractivity contribution in [1.29, 1.82) is 0 Å². The molecule has 0 heterocycles. The number of carboxylic acids is 2. The van der Waals surface area contributed by atoms with Crippen LogP contribution in [-0.2, 0) is 9.59 Å². The Kier molecular flexibility index (Phi) is 21.3. The third kappa shape index (κ3) is 31.7. The van der Waals surface area contributed by atoms with Crippen LogP contribution in [0.15, 0.2) is 0 Å². The van der Waals surface area contributed by atoms with Crippen LogP contribution in [0.2, 0.25) is 0 Å². The van der Waals surface area contributed by atoms with E-state index in [-0.39, 0.29) is 18.9 Å². The molecule has 84 valence electrons. The van der Waals surface area contributed by atoms with Gasteiger partial charge < -0.3 is 16.6 Å². The number of aliphatic carboxylic acids is 2. The molecule has 0 saturated carbocycles. The fourth-order valence-corrected chi connectivity index (χ4v) is 0.728. The Bertz CT molecular complexity index is 144. The summed E-state index contributed by atoms with van der Waals surface area (Å²) in [6.45, 7) is 4.35. The van der Waals surface area contributed by atoms with Crippen molar-refractivity contribution >= 4 is 11.9 Å². The van der Waals surface area contributed by atoms with Gasteiger partial charge in [0.05, 0.1) is 0 Å². The second kappa shape index (κ2) is 16.0. The van der Waals surface area contributed by atoms with Crippen LogP contribution in [0.1, 0.15) is 46.0 Å². The number of carboxylic acid groups (broad SMARTS) is 2. The molecule has 5 heteroatoms. The molecule has 2 N–H and O–H groups in total. The minimum Gasteiger partial charge on any atom is -0.481 e. The van der Waals surface area contributed by atoms with Gasteiger partial charge in [0.25, 0.3) is 0 Å². The van der Waals surface area contributed by atoms with Crippen LogP contribution in [0.3, 0.4) is 0 Å². The van der Waals surface area contributed by atoms with E-state index in [4.69, 9.17) is 10.2 Å². The molecule has 0 aromatic rings. The first-order valence-corrected chi connectivity index (χ1v) is 4.76. The molecule has 0 radical (unpaired) electrons. The Hall–Kier alpha value is -0.463. The van der Waals surface area contributed by atoms with Gasteiger partial charge in [0.15, 0.2) is 0 Å². The summed E-state index contributed by atoms with van der Waals surface area (Å²) in [4.78, 5) is 18.9. The molecule has 0 aromatic carbocycles. The van der Waals surface area contributed by atoms with Gasteiger partial charge in [-0.15, -0.1) is 0 Å².